The second kappa shape index (κ2) is 9.62. The van der Waals surface area contributed by atoms with E-state index in [0.717, 1.165) is 15.3 Å². The first-order chi connectivity index (χ1) is 15.8. The third kappa shape index (κ3) is 4.95. The van der Waals surface area contributed by atoms with Gasteiger partial charge in [-0.2, -0.15) is 0 Å². The maximum atomic E-state index is 12.9. The van der Waals surface area contributed by atoms with Gasteiger partial charge >= 0.3 is 6.09 Å². The van der Waals surface area contributed by atoms with Crippen LogP contribution in [-0.4, -0.2) is 65.9 Å². The number of ether oxygens (including phenoxy) is 1. The monoisotopic (exact) mass is 485 g/mol. The van der Waals surface area contributed by atoms with Crippen LogP contribution >= 0.6 is 0 Å². The molecule has 2 aromatic rings. The highest BCUT2D eigenvalue weighted by atomic mass is 28.4. The van der Waals surface area contributed by atoms with E-state index in [-0.39, 0.29) is 11.6 Å². The van der Waals surface area contributed by atoms with Gasteiger partial charge in [-0.25, -0.2) is 9.69 Å². The quantitative estimate of drug-likeness (QED) is 0.632. The molecule has 1 aliphatic heterocycles. The molecule has 1 heterocycles. The number of hydrogen-bond donors (Lipinski definition) is 2. The van der Waals surface area contributed by atoms with Crippen molar-refractivity contribution in [3.8, 4) is 0 Å². The molecule has 8 heteroatoms. The first kappa shape index (κ1) is 26.1. The number of aliphatic hydroxyl groups is 2. The lowest BCUT2D eigenvalue weighted by atomic mass is 10.1. The van der Waals surface area contributed by atoms with Crippen molar-refractivity contribution in [2.45, 2.75) is 70.4 Å². The second-order valence-corrected chi connectivity index (χ2v) is 15.0. The summed E-state index contributed by atoms with van der Waals surface area (Å²) < 4.78 is 12.2. The Morgan fingerprint density at radius 1 is 0.912 bits per heavy atom. The molecule has 3 atom stereocenters. The van der Waals surface area contributed by atoms with Crippen molar-refractivity contribution >= 4 is 30.7 Å². The fourth-order valence-corrected chi connectivity index (χ4v) is 9.07. The van der Waals surface area contributed by atoms with Gasteiger partial charge in [0, 0.05) is 0 Å². The van der Waals surface area contributed by atoms with Crippen LogP contribution in [0.15, 0.2) is 60.7 Å². The molecule has 7 nitrogen and oxygen atoms in total. The number of nitrogens with zero attached hydrogens (tertiary/aromatic N) is 1. The fourth-order valence-electron chi connectivity index (χ4n) is 4.50. The Hall–Kier alpha value is -2.52. The van der Waals surface area contributed by atoms with Crippen LogP contribution in [0.3, 0.4) is 0 Å². The second-order valence-electron chi connectivity index (χ2n) is 10.7. The van der Waals surface area contributed by atoms with Crippen molar-refractivity contribution in [2.75, 3.05) is 6.61 Å². The molecule has 2 amide bonds. The van der Waals surface area contributed by atoms with Gasteiger partial charge in [0.1, 0.15) is 11.7 Å². The van der Waals surface area contributed by atoms with Crippen LogP contribution in [0, 0.1) is 0 Å². The van der Waals surface area contributed by atoms with E-state index in [0.29, 0.717) is 0 Å². The van der Waals surface area contributed by atoms with E-state index in [9.17, 15) is 19.8 Å². The standard InChI is InChI=1S/C26H35NO6Si/c1-25(2,3)33-24(31)27-20(21(28)22(29)23(27)30)17-32-34(26(4,5)6,18-13-9-7-10-14-18)19-15-11-8-12-16-19/h7-16,20-22,28-29H,17H2,1-6H3/t20-,21-,22-/m0/s1. The maximum absolute atomic E-state index is 12.9. The van der Waals surface area contributed by atoms with Gasteiger partial charge in [-0.15, -0.1) is 0 Å². The van der Waals surface area contributed by atoms with Crippen LogP contribution < -0.4 is 10.4 Å². The first-order valence-corrected chi connectivity index (χ1v) is 13.4. The highest BCUT2D eigenvalue weighted by molar-refractivity contribution is 6.99. The van der Waals surface area contributed by atoms with E-state index in [2.05, 4.69) is 20.8 Å². The van der Waals surface area contributed by atoms with Crippen molar-refractivity contribution in [3.05, 3.63) is 60.7 Å². The summed E-state index contributed by atoms with van der Waals surface area (Å²) in [6.45, 7) is 11.2. The summed E-state index contributed by atoms with van der Waals surface area (Å²) in [6, 6.07) is 18.7. The number of carbonyl (C=O) groups is 2. The molecule has 1 aliphatic rings. The number of benzene rings is 2. The first-order valence-electron chi connectivity index (χ1n) is 11.5. The number of amides is 2. The highest BCUT2D eigenvalue weighted by Crippen LogP contribution is 2.37. The van der Waals surface area contributed by atoms with E-state index in [4.69, 9.17) is 9.16 Å². The molecule has 0 spiro atoms. The molecule has 2 aromatic carbocycles. The maximum Gasteiger partial charge on any atom is 0.417 e. The minimum atomic E-state index is -2.98. The number of hydrogen-bond acceptors (Lipinski definition) is 6. The highest BCUT2D eigenvalue weighted by Gasteiger charge is 2.55. The van der Waals surface area contributed by atoms with Crippen molar-refractivity contribution in [1.29, 1.82) is 0 Å². The lowest BCUT2D eigenvalue weighted by molar-refractivity contribution is -0.135. The molecule has 3 rings (SSSR count). The molecule has 1 fully saturated rings. The van der Waals surface area contributed by atoms with Gasteiger partial charge in [0.05, 0.1) is 12.6 Å². The van der Waals surface area contributed by atoms with E-state index in [1.165, 1.54) is 0 Å². The molecule has 184 valence electrons. The summed E-state index contributed by atoms with van der Waals surface area (Å²) in [5.41, 5.74) is -0.848. The van der Waals surface area contributed by atoms with E-state index < -0.39 is 44.2 Å². The van der Waals surface area contributed by atoms with Gasteiger partial charge in [0.25, 0.3) is 14.2 Å². The predicted octanol–water partition coefficient (Wildman–Crippen LogP) is 2.43. The molecule has 2 N–H and O–H groups in total. The Kier molecular flexibility index (Phi) is 7.38. The van der Waals surface area contributed by atoms with Gasteiger partial charge in [0.2, 0.25) is 0 Å². The predicted molar refractivity (Wildman–Crippen MR) is 132 cm³/mol. The third-order valence-corrected chi connectivity index (χ3v) is 11.0. The number of likely N-dealkylation sites (tertiary alicyclic amines) is 1. The normalized spacial score (nSPS) is 21.6. The SMILES string of the molecule is CC(C)(C)OC(=O)N1C(=O)[C@@H](O)[C@@H](O)[C@@H]1CO[Si](c1ccccc1)(c1ccccc1)C(C)(C)C. The number of imide groups is 1. The molecular weight excluding hydrogens is 450 g/mol. The summed E-state index contributed by atoms with van der Waals surface area (Å²) in [5.74, 6) is -0.891. The molecular formula is C26H35NO6Si. The topological polar surface area (TPSA) is 96.3 Å². The van der Waals surface area contributed by atoms with Crippen molar-refractivity contribution in [3.63, 3.8) is 0 Å². The summed E-state index contributed by atoms with van der Waals surface area (Å²) in [4.78, 5) is 26.3. The van der Waals surface area contributed by atoms with Gasteiger partial charge in [-0.3, -0.25) is 4.79 Å². The van der Waals surface area contributed by atoms with Crippen LogP contribution in [-0.2, 0) is 14.0 Å². The third-order valence-electron chi connectivity index (χ3n) is 6.02. The van der Waals surface area contributed by atoms with Gasteiger partial charge in [-0.05, 0) is 36.2 Å². The van der Waals surface area contributed by atoms with Crippen LogP contribution in [0.4, 0.5) is 4.79 Å². The molecule has 0 saturated carbocycles. The summed E-state index contributed by atoms with van der Waals surface area (Å²) in [7, 11) is -2.98. The molecule has 34 heavy (non-hydrogen) atoms. The molecule has 0 radical (unpaired) electrons. The average molecular weight is 486 g/mol. The van der Waals surface area contributed by atoms with Crippen LogP contribution in [0.5, 0.6) is 0 Å². The molecule has 0 aliphatic carbocycles. The van der Waals surface area contributed by atoms with Gasteiger partial charge < -0.3 is 19.4 Å². The lowest BCUT2D eigenvalue weighted by Gasteiger charge is -2.44. The Balaban J connectivity index is 2.05. The smallest absolute Gasteiger partial charge is 0.417 e. The van der Waals surface area contributed by atoms with Crippen molar-refractivity contribution in [1.82, 2.24) is 4.90 Å². The molecule has 0 aromatic heterocycles. The Labute approximate surface area is 202 Å². The largest absolute Gasteiger partial charge is 0.443 e. The average Bonchev–Trinajstić information content (AvgIpc) is 2.97. The fraction of sp³-hybridized carbons (Fsp3) is 0.462. The van der Waals surface area contributed by atoms with Crippen molar-refractivity contribution < 1.29 is 29.0 Å². The summed E-state index contributed by atoms with van der Waals surface area (Å²) >= 11 is 0. The van der Waals surface area contributed by atoms with Gasteiger partial charge in [-0.1, -0.05) is 81.4 Å². The minimum Gasteiger partial charge on any atom is -0.443 e. The lowest BCUT2D eigenvalue weighted by Crippen LogP contribution is -2.67. The Morgan fingerprint density at radius 3 is 1.79 bits per heavy atom. The van der Waals surface area contributed by atoms with Crippen LogP contribution in [0.1, 0.15) is 41.5 Å². The zero-order chi connectivity index (χ0) is 25.3. The number of aliphatic hydroxyl groups excluding tert-OH is 2. The van der Waals surface area contributed by atoms with E-state index in [1.807, 2.05) is 60.7 Å². The molecule has 0 unspecified atom stereocenters. The zero-order valence-corrected chi connectivity index (χ0v) is 21.7. The van der Waals surface area contributed by atoms with Crippen LogP contribution in [0.25, 0.3) is 0 Å². The van der Waals surface area contributed by atoms with Crippen molar-refractivity contribution in [2.24, 2.45) is 0 Å². The van der Waals surface area contributed by atoms with Crippen LogP contribution in [0.2, 0.25) is 5.04 Å². The summed E-state index contributed by atoms with van der Waals surface area (Å²) in [5, 5.41) is 22.7. The number of carbonyl (C=O) groups excluding carboxylic acids is 2. The minimum absolute atomic E-state index is 0.142. The summed E-state index contributed by atoms with van der Waals surface area (Å²) in [6.07, 6.45) is -4.12. The van der Waals surface area contributed by atoms with E-state index in [1.54, 1.807) is 20.8 Å². The molecule has 1 saturated heterocycles. The molecule has 0 bridgehead atoms. The number of rotatable bonds is 5. The van der Waals surface area contributed by atoms with Gasteiger partial charge in [0.15, 0.2) is 6.10 Å². The Morgan fingerprint density at radius 2 is 1.38 bits per heavy atom. The van der Waals surface area contributed by atoms with E-state index >= 15 is 0 Å². The zero-order valence-electron chi connectivity index (χ0n) is 20.7. The Bertz CT molecular complexity index is 960.